The molecule has 0 aromatic heterocycles. The van der Waals surface area contributed by atoms with Gasteiger partial charge in [0.2, 0.25) is 0 Å². The second-order valence-electron chi connectivity index (χ2n) is 10.8. The molecule has 2 bridgehead atoms. The summed E-state index contributed by atoms with van der Waals surface area (Å²) in [5.41, 5.74) is 1.25. The second kappa shape index (κ2) is 7.69. The molecule has 34 heavy (non-hydrogen) atoms. The van der Waals surface area contributed by atoms with Gasteiger partial charge in [0.05, 0.1) is 12.6 Å². The van der Waals surface area contributed by atoms with Crippen LogP contribution in [-0.2, 0) is 19.1 Å². The summed E-state index contributed by atoms with van der Waals surface area (Å²) in [6.45, 7) is 8.36. The monoisotopic (exact) mass is 461 g/mol. The highest BCUT2D eigenvalue weighted by atomic mass is 16.6. The molecule has 0 spiro atoms. The molecule has 3 aliphatic rings. The van der Waals surface area contributed by atoms with E-state index in [0.29, 0.717) is 25.0 Å². The highest BCUT2D eigenvalue weighted by Gasteiger charge is 2.72. The van der Waals surface area contributed by atoms with Crippen LogP contribution in [-0.4, -0.2) is 24.5 Å². The van der Waals surface area contributed by atoms with E-state index in [-0.39, 0.29) is 17.4 Å². The van der Waals surface area contributed by atoms with Crippen molar-refractivity contribution in [2.45, 2.75) is 59.1 Å². The van der Waals surface area contributed by atoms with Crippen LogP contribution in [0, 0.1) is 23.2 Å². The number of hydrogen-bond donors (Lipinski definition) is 1. The van der Waals surface area contributed by atoms with Gasteiger partial charge in [0.25, 0.3) is 5.91 Å². The summed E-state index contributed by atoms with van der Waals surface area (Å²) in [5.74, 6) is -1.15. The minimum absolute atomic E-state index is 0.128. The van der Waals surface area contributed by atoms with Crippen molar-refractivity contribution < 1.29 is 23.9 Å². The number of amides is 1. The van der Waals surface area contributed by atoms with Gasteiger partial charge in [0.15, 0.2) is 5.41 Å². The standard InChI is InChI=1S/C28H31NO5/c1-17-9-11-18(12-10-17)22(15-21-19-7-5-6-8-20(19)23(30)29-21)34-25(32)28-14-13-27(4,26(28,2)3)16-33-24(28)31/h5-12,21-22H,13-16H2,1-4H3,(H,29,30)/t21?,22-,27+,28-/m1/s1. The van der Waals surface area contributed by atoms with Crippen LogP contribution in [0.25, 0.3) is 0 Å². The number of ether oxygens (including phenoxy) is 2. The SMILES string of the molecule is Cc1ccc([C@@H](CC2NC(=O)c3ccccc32)OC(=O)[C@@]23CC[C@@](C)(COC2=O)C3(C)C)cc1. The van der Waals surface area contributed by atoms with Gasteiger partial charge >= 0.3 is 11.9 Å². The molecule has 1 amide bonds. The van der Waals surface area contributed by atoms with E-state index in [2.05, 4.69) is 12.2 Å². The lowest BCUT2D eigenvalue weighted by molar-refractivity contribution is -0.202. The molecule has 6 heteroatoms. The predicted octanol–water partition coefficient (Wildman–Crippen LogP) is 4.82. The third-order valence-electron chi connectivity index (χ3n) is 8.88. The summed E-state index contributed by atoms with van der Waals surface area (Å²) in [7, 11) is 0. The minimum Gasteiger partial charge on any atom is -0.464 e. The number of fused-ring (bicyclic) bond motifs is 3. The van der Waals surface area contributed by atoms with Crippen molar-refractivity contribution in [2.75, 3.05) is 6.61 Å². The van der Waals surface area contributed by atoms with Crippen molar-refractivity contribution in [1.29, 1.82) is 0 Å². The van der Waals surface area contributed by atoms with Gasteiger partial charge in [-0.05, 0) is 37.0 Å². The van der Waals surface area contributed by atoms with Crippen LogP contribution in [0.1, 0.15) is 79.2 Å². The molecular formula is C28H31NO5. The first kappa shape index (κ1) is 22.6. The number of cyclic esters (lactones) is 1. The molecular weight excluding hydrogens is 430 g/mol. The van der Waals surface area contributed by atoms with E-state index in [1.165, 1.54) is 0 Å². The van der Waals surface area contributed by atoms with Gasteiger partial charge in [-0.2, -0.15) is 0 Å². The van der Waals surface area contributed by atoms with E-state index in [1.807, 2.05) is 63.2 Å². The van der Waals surface area contributed by atoms with Crippen molar-refractivity contribution in [3.05, 3.63) is 70.8 Å². The maximum atomic E-state index is 13.9. The molecule has 4 atom stereocenters. The molecule has 2 fully saturated rings. The molecule has 0 radical (unpaired) electrons. The zero-order chi connectivity index (χ0) is 24.3. The lowest BCUT2D eigenvalue weighted by atomic mass is 9.57. The molecule has 2 aromatic carbocycles. The number of aryl methyl sites for hydroxylation is 1. The first-order valence-electron chi connectivity index (χ1n) is 11.9. The topological polar surface area (TPSA) is 81.7 Å². The van der Waals surface area contributed by atoms with E-state index in [4.69, 9.17) is 9.47 Å². The highest BCUT2D eigenvalue weighted by molar-refractivity contribution is 6.02. The molecule has 5 rings (SSSR count). The van der Waals surface area contributed by atoms with Gasteiger partial charge in [0.1, 0.15) is 6.10 Å². The summed E-state index contributed by atoms with van der Waals surface area (Å²) in [6, 6.07) is 15.0. The Kier molecular flexibility index (Phi) is 5.12. The summed E-state index contributed by atoms with van der Waals surface area (Å²) in [5, 5.41) is 3.02. The normalized spacial score (nSPS) is 29.7. The lowest BCUT2D eigenvalue weighted by Crippen LogP contribution is -2.58. The van der Waals surface area contributed by atoms with Gasteiger partial charge in [0, 0.05) is 22.8 Å². The molecule has 2 heterocycles. The Morgan fingerprint density at radius 2 is 1.79 bits per heavy atom. The van der Waals surface area contributed by atoms with E-state index >= 15 is 0 Å². The van der Waals surface area contributed by atoms with Crippen LogP contribution in [0.3, 0.4) is 0 Å². The van der Waals surface area contributed by atoms with Gasteiger partial charge in [-0.1, -0.05) is 68.8 Å². The van der Waals surface area contributed by atoms with E-state index in [0.717, 1.165) is 23.1 Å². The van der Waals surface area contributed by atoms with Crippen molar-refractivity contribution in [3.8, 4) is 0 Å². The summed E-state index contributed by atoms with van der Waals surface area (Å²) >= 11 is 0. The molecule has 1 saturated heterocycles. The van der Waals surface area contributed by atoms with Gasteiger partial charge in [-0.15, -0.1) is 0 Å². The fourth-order valence-corrected chi connectivity index (χ4v) is 5.99. The number of carbonyl (C=O) groups is 3. The van der Waals surface area contributed by atoms with Crippen LogP contribution in [0.2, 0.25) is 0 Å². The molecule has 2 aromatic rings. The molecule has 1 aliphatic carbocycles. The van der Waals surface area contributed by atoms with E-state index < -0.39 is 28.9 Å². The largest absolute Gasteiger partial charge is 0.464 e. The van der Waals surface area contributed by atoms with Crippen LogP contribution in [0.4, 0.5) is 0 Å². The molecule has 1 unspecified atom stereocenters. The maximum absolute atomic E-state index is 13.9. The minimum atomic E-state index is -1.33. The molecule has 2 aliphatic heterocycles. The number of nitrogens with one attached hydrogen (secondary N) is 1. The quantitative estimate of drug-likeness (QED) is 0.510. The number of benzene rings is 2. The highest BCUT2D eigenvalue weighted by Crippen LogP contribution is 2.66. The Hall–Kier alpha value is -3.15. The Balaban J connectivity index is 1.49. The molecule has 1 saturated carbocycles. The average Bonchev–Trinajstić information content (AvgIpc) is 3.16. The van der Waals surface area contributed by atoms with Crippen LogP contribution in [0.15, 0.2) is 48.5 Å². The van der Waals surface area contributed by atoms with Crippen molar-refractivity contribution in [2.24, 2.45) is 16.2 Å². The van der Waals surface area contributed by atoms with Crippen LogP contribution >= 0.6 is 0 Å². The van der Waals surface area contributed by atoms with Crippen LogP contribution < -0.4 is 5.32 Å². The average molecular weight is 462 g/mol. The second-order valence-corrected chi connectivity index (χ2v) is 10.8. The van der Waals surface area contributed by atoms with Gasteiger partial charge in [-0.3, -0.25) is 14.4 Å². The zero-order valence-corrected chi connectivity index (χ0v) is 20.1. The fourth-order valence-electron chi connectivity index (χ4n) is 5.99. The predicted molar refractivity (Wildman–Crippen MR) is 126 cm³/mol. The van der Waals surface area contributed by atoms with Crippen molar-refractivity contribution in [3.63, 3.8) is 0 Å². The number of esters is 2. The lowest BCUT2D eigenvalue weighted by Gasteiger charge is -2.49. The first-order chi connectivity index (χ1) is 16.1. The summed E-state index contributed by atoms with van der Waals surface area (Å²) in [6.07, 6.45) is 0.886. The van der Waals surface area contributed by atoms with Gasteiger partial charge < -0.3 is 14.8 Å². The molecule has 178 valence electrons. The third-order valence-corrected chi connectivity index (χ3v) is 8.88. The number of carbonyl (C=O) groups excluding carboxylic acids is 3. The zero-order valence-electron chi connectivity index (χ0n) is 20.1. The van der Waals surface area contributed by atoms with Crippen molar-refractivity contribution in [1.82, 2.24) is 5.32 Å². The Morgan fingerprint density at radius 3 is 2.53 bits per heavy atom. The Labute approximate surface area is 200 Å². The molecule has 6 nitrogen and oxygen atoms in total. The maximum Gasteiger partial charge on any atom is 0.324 e. The summed E-state index contributed by atoms with van der Waals surface area (Å²) < 4.78 is 11.7. The molecule has 1 N–H and O–H groups in total. The Morgan fingerprint density at radius 1 is 1.09 bits per heavy atom. The van der Waals surface area contributed by atoms with Crippen molar-refractivity contribution >= 4 is 17.8 Å². The summed E-state index contributed by atoms with van der Waals surface area (Å²) in [4.78, 5) is 39.5. The fraction of sp³-hybridized carbons (Fsp3) is 0.464. The number of hydrogen-bond acceptors (Lipinski definition) is 5. The van der Waals surface area contributed by atoms with E-state index in [9.17, 15) is 14.4 Å². The van der Waals surface area contributed by atoms with Crippen LogP contribution in [0.5, 0.6) is 0 Å². The Bertz CT molecular complexity index is 1170. The van der Waals surface area contributed by atoms with Gasteiger partial charge in [-0.25, -0.2) is 0 Å². The number of rotatable bonds is 5. The smallest absolute Gasteiger partial charge is 0.324 e. The third kappa shape index (κ3) is 3.11. The van der Waals surface area contributed by atoms with E-state index in [1.54, 1.807) is 6.07 Å². The first-order valence-corrected chi connectivity index (χ1v) is 11.9.